The van der Waals surface area contributed by atoms with Crippen LogP contribution in [0.3, 0.4) is 0 Å². The van der Waals surface area contributed by atoms with Crippen molar-refractivity contribution in [2.45, 2.75) is 37.5 Å². The van der Waals surface area contributed by atoms with Gasteiger partial charge >= 0.3 is 0 Å². The molecule has 0 saturated heterocycles. The second-order valence-electron chi connectivity index (χ2n) is 4.98. The summed E-state index contributed by atoms with van der Waals surface area (Å²) < 4.78 is 0. The molecule has 0 spiro atoms. The van der Waals surface area contributed by atoms with Crippen molar-refractivity contribution in [2.75, 3.05) is 0 Å². The van der Waals surface area contributed by atoms with Crippen molar-refractivity contribution in [1.29, 1.82) is 0 Å². The van der Waals surface area contributed by atoms with Gasteiger partial charge in [0, 0.05) is 9.79 Å². The molecule has 0 unspecified atom stereocenters. The molecule has 4 heteroatoms. The van der Waals surface area contributed by atoms with E-state index in [0.717, 1.165) is 32.0 Å². The third kappa shape index (κ3) is 3.25. The predicted molar refractivity (Wildman–Crippen MR) is 86.9 cm³/mol. The molecular weight excluding hydrogens is 288 g/mol. The van der Waals surface area contributed by atoms with E-state index >= 15 is 0 Å². The summed E-state index contributed by atoms with van der Waals surface area (Å²) in [6.07, 6.45) is 0. The number of aromatic hydroxyl groups is 2. The number of hydrogen-bond donors (Lipinski definition) is 2. The normalized spacial score (nSPS) is 10.8. The van der Waals surface area contributed by atoms with Crippen LogP contribution in [0.15, 0.2) is 34.1 Å². The van der Waals surface area contributed by atoms with Crippen LogP contribution < -0.4 is 0 Å². The van der Waals surface area contributed by atoms with Gasteiger partial charge in [0.1, 0.15) is 11.5 Å². The van der Waals surface area contributed by atoms with Crippen LogP contribution in [0.5, 0.6) is 11.5 Å². The van der Waals surface area contributed by atoms with E-state index in [0.29, 0.717) is 11.5 Å². The number of aryl methyl sites for hydroxylation is 4. The Morgan fingerprint density at radius 3 is 1.10 bits per heavy atom. The third-order valence-electron chi connectivity index (χ3n) is 3.16. The van der Waals surface area contributed by atoms with Crippen molar-refractivity contribution in [3.63, 3.8) is 0 Å². The minimum atomic E-state index is 0.371. The minimum absolute atomic E-state index is 0.371. The van der Waals surface area contributed by atoms with Crippen LogP contribution in [-0.4, -0.2) is 10.2 Å². The molecule has 2 aromatic carbocycles. The van der Waals surface area contributed by atoms with Gasteiger partial charge in [-0.1, -0.05) is 21.6 Å². The number of benzene rings is 2. The average Bonchev–Trinajstić information content (AvgIpc) is 2.39. The van der Waals surface area contributed by atoms with E-state index in [1.165, 1.54) is 0 Å². The van der Waals surface area contributed by atoms with Gasteiger partial charge in [0.15, 0.2) is 0 Å². The molecule has 2 rings (SSSR count). The summed E-state index contributed by atoms with van der Waals surface area (Å²) in [4.78, 5) is 2.23. The highest BCUT2D eigenvalue weighted by Crippen LogP contribution is 2.41. The first-order chi connectivity index (χ1) is 9.38. The predicted octanol–water partition coefficient (Wildman–Crippen LogP) is 5.13. The van der Waals surface area contributed by atoms with Crippen LogP contribution in [0, 0.1) is 27.7 Å². The quantitative estimate of drug-likeness (QED) is 0.771. The Kier molecular flexibility index (Phi) is 4.55. The maximum Gasteiger partial charge on any atom is 0.121 e. The molecule has 0 saturated carbocycles. The monoisotopic (exact) mass is 306 g/mol. The van der Waals surface area contributed by atoms with Gasteiger partial charge < -0.3 is 10.2 Å². The molecule has 0 heterocycles. The zero-order valence-corrected chi connectivity index (χ0v) is 13.7. The molecule has 2 aromatic rings. The highest BCUT2D eigenvalue weighted by molar-refractivity contribution is 8.76. The van der Waals surface area contributed by atoms with Gasteiger partial charge in [-0.05, 0) is 74.2 Å². The molecule has 2 N–H and O–H groups in total. The first-order valence-corrected chi connectivity index (χ1v) is 8.48. The van der Waals surface area contributed by atoms with Crippen molar-refractivity contribution in [3.8, 4) is 11.5 Å². The van der Waals surface area contributed by atoms with Gasteiger partial charge in [-0.3, -0.25) is 0 Å². The highest BCUT2D eigenvalue weighted by Gasteiger charge is 2.07. The minimum Gasteiger partial charge on any atom is -0.507 e. The molecule has 0 aliphatic heterocycles. The lowest BCUT2D eigenvalue weighted by Crippen LogP contribution is -1.83. The van der Waals surface area contributed by atoms with Gasteiger partial charge in [-0.25, -0.2) is 0 Å². The van der Waals surface area contributed by atoms with Crippen molar-refractivity contribution in [2.24, 2.45) is 0 Å². The molecule has 0 aromatic heterocycles. The molecule has 0 aliphatic carbocycles. The summed E-state index contributed by atoms with van der Waals surface area (Å²) >= 11 is 0. The molecule has 2 nitrogen and oxygen atoms in total. The molecule has 0 radical (unpaired) electrons. The number of phenolic OH excluding ortho intramolecular Hbond substituents is 2. The molecular formula is C16H18O2S2. The van der Waals surface area contributed by atoms with Crippen molar-refractivity contribution in [3.05, 3.63) is 46.5 Å². The van der Waals surface area contributed by atoms with Crippen LogP contribution in [0.2, 0.25) is 0 Å². The Bertz CT molecular complexity index is 547. The lowest BCUT2D eigenvalue weighted by molar-refractivity contribution is 0.466. The van der Waals surface area contributed by atoms with Crippen LogP contribution in [-0.2, 0) is 0 Å². The smallest absolute Gasteiger partial charge is 0.121 e. The van der Waals surface area contributed by atoms with Gasteiger partial charge in [0.2, 0.25) is 0 Å². The van der Waals surface area contributed by atoms with Gasteiger partial charge in [-0.15, -0.1) is 0 Å². The second-order valence-corrected chi connectivity index (χ2v) is 7.25. The summed E-state index contributed by atoms with van der Waals surface area (Å²) in [5.41, 5.74) is 3.58. The zero-order valence-electron chi connectivity index (χ0n) is 12.0. The summed E-state index contributed by atoms with van der Waals surface area (Å²) in [6.45, 7) is 7.63. The molecule has 0 atom stereocenters. The van der Waals surface area contributed by atoms with Crippen molar-refractivity contribution < 1.29 is 10.2 Å². The fourth-order valence-corrected chi connectivity index (χ4v) is 4.27. The van der Waals surface area contributed by atoms with Crippen molar-refractivity contribution >= 4 is 21.6 Å². The van der Waals surface area contributed by atoms with Crippen LogP contribution in [0.25, 0.3) is 0 Å². The van der Waals surface area contributed by atoms with Crippen molar-refractivity contribution in [1.82, 2.24) is 0 Å². The maximum atomic E-state index is 9.78. The zero-order chi connectivity index (χ0) is 14.9. The lowest BCUT2D eigenvalue weighted by atomic mass is 10.1. The fourth-order valence-electron chi connectivity index (χ4n) is 2.02. The van der Waals surface area contributed by atoms with Crippen LogP contribution >= 0.6 is 21.6 Å². The topological polar surface area (TPSA) is 40.5 Å². The fraction of sp³-hybridized carbons (Fsp3) is 0.250. The van der Waals surface area contributed by atoms with Gasteiger partial charge in [0.25, 0.3) is 0 Å². The Hall–Kier alpha value is -1.26. The summed E-state index contributed by atoms with van der Waals surface area (Å²) in [6, 6.07) is 7.94. The molecule has 20 heavy (non-hydrogen) atoms. The number of hydrogen-bond acceptors (Lipinski definition) is 4. The average molecular weight is 306 g/mol. The van der Waals surface area contributed by atoms with E-state index in [-0.39, 0.29) is 0 Å². The number of phenols is 2. The summed E-state index contributed by atoms with van der Waals surface area (Å²) in [5.74, 6) is 0.742. The first kappa shape index (κ1) is 15.1. The Balaban J connectivity index is 2.17. The van der Waals surface area contributed by atoms with Crippen LogP contribution in [0.4, 0.5) is 0 Å². The second kappa shape index (κ2) is 6.02. The van der Waals surface area contributed by atoms with Gasteiger partial charge in [0.05, 0.1) is 0 Å². The maximum absolute atomic E-state index is 9.78. The largest absolute Gasteiger partial charge is 0.507 e. The SMILES string of the molecule is Cc1cc(SSc2cc(C)c(O)c(C)c2)cc(C)c1O. The molecule has 0 bridgehead atoms. The molecule has 0 aliphatic rings. The lowest BCUT2D eigenvalue weighted by Gasteiger charge is -2.09. The Labute approximate surface area is 127 Å². The summed E-state index contributed by atoms with van der Waals surface area (Å²) in [7, 11) is 3.32. The van der Waals surface area contributed by atoms with E-state index in [9.17, 15) is 10.2 Å². The van der Waals surface area contributed by atoms with Gasteiger partial charge in [-0.2, -0.15) is 0 Å². The highest BCUT2D eigenvalue weighted by atomic mass is 33.1. The Morgan fingerprint density at radius 1 is 0.600 bits per heavy atom. The molecule has 106 valence electrons. The van der Waals surface area contributed by atoms with E-state index in [2.05, 4.69) is 0 Å². The molecule has 0 amide bonds. The summed E-state index contributed by atoms with van der Waals surface area (Å²) in [5, 5.41) is 19.6. The van der Waals surface area contributed by atoms with E-state index in [4.69, 9.17) is 0 Å². The van der Waals surface area contributed by atoms with E-state index in [1.54, 1.807) is 21.6 Å². The van der Waals surface area contributed by atoms with E-state index < -0.39 is 0 Å². The Morgan fingerprint density at radius 2 is 0.850 bits per heavy atom. The standard InChI is InChI=1S/C16H18O2S2/c1-9-5-13(6-10(2)15(9)17)19-20-14-7-11(3)16(18)12(4)8-14/h5-8,17-18H,1-4H3. The number of rotatable bonds is 3. The van der Waals surface area contributed by atoms with E-state index in [1.807, 2.05) is 52.0 Å². The van der Waals surface area contributed by atoms with Crippen LogP contribution in [0.1, 0.15) is 22.3 Å². The molecule has 0 fully saturated rings. The first-order valence-electron chi connectivity index (χ1n) is 6.33. The third-order valence-corrected chi connectivity index (χ3v) is 5.51.